The smallest absolute Gasteiger partial charge is 0.220 e. The van der Waals surface area contributed by atoms with E-state index in [0.717, 1.165) is 25.7 Å². The van der Waals surface area contributed by atoms with Crippen molar-refractivity contribution < 1.29 is 4.79 Å². The molecule has 0 unspecified atom stereocenters. The standard InChI is InChI=1S/C11H21NO/c1-3-4-7-10(13)12-11(2)8-5-6-9-11/h3-9H2,1-2H3,(H,12,13). The van der Waals surface area contributed by atoms with Gasteiger partial charge >= 0.3 is 0 Å². The van der Waals surface area contributed by atoms with Crippen LogP contribution in [0.3, 0.4) is 0 Å². The van der Waals surface area contributed by atoms with Crippen molar-refractivity contribution in [2.24, 2.45) is 0 Å². The van der Waals surface area contributed by atoms with Crippen LogP contribution in [0.25, 0.3) is 0 Å². The number of rotatable bonds is 4. The second-order valence-electron chi connectivity index (χ2n) is 4.42. The van der Waals surface area contributed by atoms with E-state index in [1.54, 1.807) is 0 Å². The molecule has 1 N–H and O–H groups in total. The van der Waals surface area contributed by atoms with Gasteiger partial charge in [0.05, 0.1) is 0 Å². The average Bonchev–Trinajstić information content (AvgIpc) is 2.48. The van der Waals surface area contributed by atoms with E-state index in [4.69, 9.17) is 0 Å². The molecular weight excluding hydrogens is 162 g/mol. The maximum Gasteiger partial charge on any atom is 0.220 e. The molecule has 0 aromatic carbocycles. The van der Waals surface area contributed by atoms with Gasteiger partial charge in [-0.15, -0.1) is 0 Å². The van der Waals surface area contributed by atoms with Gasteiger partial charge in [-0.1, -0.05) is 26.2 Å². The normalized spacial score (nSPS) is 20.2. The van der Waals surface area contributed by atoms with Crippen molar-refractivity contribution in [3.8, 4) is 0 Å². The number of nitrogens with one attached hydrogen (secondary N) is 1. The van der Waals surface area contributed by atoms with Crippen LogP contribution in [-0.2, 0) is 4.79 Å². The predicted molar refractivity (Wildman–Crippen MR) is 54.5 cm³/mol. The summed E-state index contributed by atoms with van der Waals surface area (Å²) in [7, 11) is 0. The van der Waals surface area contributed by atoms with Gasteiger partial charge in [-0.05, 0) is 26.2 Å². The Morgan fingerprint density at radius 2 is 2.00 bits per heavy atom. The Bertz CT molecular complexity index is 171. The molecule has 0 saturated heterocycles. The quantitative estimate of drug-likeness (QED) is 0.713. The Morgan fingerprint density at radius 1 is 1.38 bits per heavy atom. The largest absolute Gasteiger partial charge is 0.351 e. The first-order valence-electron chi connectivity index (χ1n) is 5.47. The first kappa shape index (κ1) is 10.6. The fourth-order valence-corrected chi connectivity index (χ4v) is 2.02. The summed E-state index contributed by atoms with van der Waals surface area (Å²) in [5, 5.41) is 3.15. The molecular formula is C11H21NO. The Labute approximate surface area is 81.1 Å². The Morgan fingerprint density at radius 3 is 2.54 bits per heavy atom. The zero-order valence-corrected chi connectivity index (χ0v) is 8.86. The van der Waals surface area contributed by atoms with Crippen LogP contribution >= 0.6 is 0 Å². The highest BCUT2D eigenvalue weighted by atomic mass is 16.1. The van der Waals surface area contributed by atoms with E-state index < -0.39 is 0 Å². The molecule has 0 aromatic rings. The average molecular weight is 183 g/mol. The van der Waals surface area contributed by atoms with Gasteiger partial charge < -0.3 is 5.32 Å². The van der Waals surface area contributed by atoms with Crippen LogP contribution in [0, 0.1) is 0 Å². The molecule has 1 saturated carbocycles. The van der Waals surface area contributed by atoms with Crippen LogP contribution < -0.4 is 5.32 Å². The first-order valence-corrected chi connectivity index (χ1v) is 5.47. The third kappa shape index (κ3) is 3.37. The third-order valence-electron chi connectivity index (χ3n) is 2.91. The van der Waals surface area contributed by atoms with E-state index in [-0.39, 0.29) is 11.4 Å². The number of hydrogen-bond donors (Lipinski definition) is 1. The monoisotopic (exact) mass is 183 g/mol. The van der Waals surface area contributed by atoms with Crippen molar-refractivity contribution in [2.75, 3.05) is 0 Å². The lowest BCUT2D eigenvalue weighted by atomic mass is 10.0. The highest BCUT2D eigenvalue weighted by Gasteiger charge is 2.29. The fraction of sp³-hybridized carbons (Fsp3) is 0.909. The molecule has 0 radical (unpaired) electrons. The van der Waals surface area contributed by atoms with E-state index in [1.165, 1.54) is 12.8 Å². The molecule has 0 bridgehead atoms. The van der Waals surface area contributed by atoms with Crippen LogP contribution in [0.4, 0.5) is 0 Å². The van der Waals surface area contributed by atoms with Crippen molar-refractivity contribution in [1.29, 1.82) is 0 Å². The number of unbranched alkanes of at least 4 members (excludes halogenated alkanes) is 1. The molecule has 0 spiro atoms. The summed E-state index contributed by atoms with van der Waals surface area (Å²) in [4.78, 5) is 11.5. The molecule has 1 aliphatic carbocycles. The molecule has 0 heterocycles. The Balaban J connectivity index is 2.26. The lowest BCUT2D eigenvalue weighted by Crippen LogP contribution is -2.43. The molecule has 1 aliphatic rings. The van der Waals surface area contributed by atoms with Gasteiger partial charge in [0, 0.05) is 12.0 Å². The van der Waals surface area contributed by atoms with Crippen molar-refractivity contribution in [1.82, 2.24) is 5.32 Å². The minimum absolute atomic E-state index is 0.116. The zero-order valence-electron chi connectivity index (χ0n) is 8.86. The van der Waals surface area contributed by atoms with E-state index in [9.17, 15) is 4.79 Å². The van der Waals surface area contributed by atoms with E-state index in [0.29, 0.717) is 6.42 Å². The molecule has 2 nitrogen and oxygen atoms in total. The van der Waals surface area contributed by atoms with E-state index in [1.807, 2.05) is 0 Å². The van der Waals surface area contributed by atoms with Gasteiger partial charge in [0.25, 0.3) is 0 Å². The van der Waals surface area contributed by atoms with Gasteiger partial charge in [0.15, 0.2) is 0 Å². The molecule has 0 atom stereocenters. The van der Waals surface area contributed by atoms with Crippen molar-refractivity contribution in [3.63, 3.8) is 0 Å². The molecule has 76 valence electrons. The minimum Gasteiger partial charge on any atom is -0.351 e. The Hall–Kier alpha value is -0.530. The number of carbonyl (C=O) groups excluding carboxylic acids is 1. The lowest BCUT2D eigenvalue weighted by Gasteiger charge is -2.25. The molecule has 1 amide bonds. The van der Waals surface area contributed by atoms with Crippen LogP contribution in [0.1, 0.15) is 58.8 Å². The van der Waals surface area contributed by atoms with E-state index in [2.05, 4.69) is 19.2 Å². The van der Waals surface area contributed by atoms with Gasteiger partial charge in [-0.2, -0.15) is 0 Å². The maximum atomic E-state index is 11.5. The van der Waals surface area contributed by atoms with Crippen molar-refractivity contribution >= 4 is 5.91 Å². The summed E-state index contributed by atoms with van der Waals surface area (Å²) in [5.41, 5.74) is 0.116. The molecule has 2 heteroatoms. The fourth-order valence-electron chi connectivity index (χ4n) is 2.02. The maximum absolute atomic E-state index is 11.5. The van der Waals surface area contributed by atoms with E-state index >= 15 is 0 Å². The van der Waals surface area contributed by atoms with Crippen LogP contribution in [-0.4, -0.2) is 11.4 Å². The predicted octanol–water partition coefficient (Wildman–Crippen LogP) is 2.63. The highest BCUT2D eigenvalue weighted by Crippen LogP contribution is 2.28. The Kier molecular flexibility index (Phi) is 3.76. The number of hydrogen-bond acceptors (Lipinski definition) is 1. The lowest BCUT2D eigenvalue weighted by molar-refractivity contribution is -0.122. The second kappa shape index (κ2) is 4.64. The summed E-state index contributed by atoms with van der Waals surface area (Å²) in [6.07, 6.45) is 7.67. The third-order valence-corrected chi connectivity index (χ3v) is 2.91. The molecule has 1 fully saturated rings. The van der Waals surface area contributed by atoms with Crippen LogP contribution in [0.2, 0.25) is 0 Å². The summed E-state index contributed by atoms with van der Waals surface area (Å²) >= 11 is 0. The summed E-state index contributed by atoms with van der Waals surface area (Å²) in [5.74, 6) is 0.242. The minimum atomic E-state index is 0.116. The zero-order chi connectivity index (χ0) is 9.73. The molecule has 0 aromatic heterocycles. The number of amides is 1. The van der Waals surface area contributed by atoms with Crippen molar-refractivity contribution in [2.45, 2.75) is 64.3 Å². The summed E-state index contributed by atoms with van der Waals surface area (Å²) in [6.45, 7) is 4.29. The van der Waals surface area contributed by atoms with Gasteiger partial charge in [0.1, 0.15) is 0 Å². The van der Waals surface area contributed by atoms with Crippen LogP contribution in [0.15, 0.2) is 0 Å². The second-order valence-corrected chi connectivity index (χ2v) is 4.42. The topological polar surface area (TPSA) is 29.1 Å². The first-order chi connectivity index (χ1) is 6.16. The SMILES string of the molecule is CCCCC(=O)NC1(C)CCCC1. The molecule has 1 rings (SSSR count). The van der Waals surface area contributed by atoms with Crippen LogP contribution in [0.5, 0.6) is 0 Å². The highest BCUT2D eigenvalue weighted by molar-refractivity contribution is 5.76. The molecule has 0 aliphatic heterocycles. The van der Waals surface area contributed by atoms with Crippen molar-refractivity contribution in [3.05, 3.63) is 0 Å². The number of carbonyl (C=O) groups is 1. The van der Waals surface area contributed by atoms with Gasteiger partial charge in [-0.3, -0.25) is 4.79 Å². The molecule has 13 heavy (non-hydrogen) atoms. The summed E-state index contributed by atoms with van der Waals surface area (Å²) in [6, 6.07) is 0. The summed E-state index contributed by atoms with van der Waals surface area (Å²) < 4.78 is 0. The van der Waals surface area contributed by atoms with Gasteiger partial charge in [0.2, 0.25) is 5.91 Å². The van der Waals surface area contributed by atoms with Gasteiger partial charge in [-0.25, -0.2) is 0 Å².